The van der Waals surface area contributed by atoms with Crippen molar-refractivity contribution in [2.75, 3.05) is 14.2 Å². The molecule has 2 aromatic carbocycles. The highest BCUT2D eigenvalue weighted by molar-refractivity contribution is 5.95. The molecule has 0 unspecified atom stereocenters. The zero-order valence-electron chi connectivity index (χ0n) is 13.1. The summed E-state index contributed by atoms with van der Waals surface area (Å²) in [5, 5.41) is 20.4. The molecule has 0 saturated carbocycles. The average molecular weight is 329 g/mol. The number of nitrogens with zero attached hydrogens (tertiary/aromatic N) is 1. The molecule has 0 heterocycles. The van der Waals surface area contributed by atoms with Crippen molar-refractivity contribution in [3.05, 3.63) is 63.2 Å². The fourth-order valence-corrected chi connectivity index (χ4v) is 2.20. The van der Waals surface area contributed by atoms with Crippen molar-refractivity contribution in [2.45, 2.75) is 0 Å². The lowest BCUT2D eigenvalue weighted by Crippen LogP contribution is -2.02. The van der Waals surface area contributed by atoms with Gasteiger partial charge in [0.25, 0.3) is 5.69 Å². The van der Waals surface area contributed by atoms with E-state index in [2.05, 4.69) is 0 Å². The van der Waals surface area contributed by atoms with E-state index in [0.29, 0.717) is 17.1 Å². The van der Waals surface area contributed by atoms with Gasteiger partial charge in [-0.05, 0) is 24.3 Å². The van der Waals surface area contributed by atoms with Crippen LogP contribution in [0.1, 0.15) is 21.5 Å². The van der Waals surface area contributed by atoms with Gasteiger partial charge >= 0.3 is 5.97 Å². The molecule has 7 heteroatoms. The topological polar surface area (TPSA) is 98.9 Å². The van der Waals surface area contributed by atoms with Gasteiger partial charge in [-0.3, -0.25) is 10.1 Å². The molecule has 1 N–H and O–H groups in total. The molecule has 2 aromatic rings. The number of nitro benzene ring substituents is 1. The Balaban J connectivity index is 2.53. The third-order valence-corrected chi connectivity index (χ3v) is 3.38. The molecule has 0 aromatic heterocycles. The lowest BCUT2D eigenvalue weighted by Gasteiger charge is -2.07. The Morgan fingerprint density at radius 1 is 1.17 bits per heavy atom. The van der Waals surface area contributed by atoms with Crippen molar-refractivity contribution in [3.63, 3.8) is 0 Å². The maximum Gasteiger partial charge on any atom is 0.336 e. The Bertz CT molecular complexity index is 780. The SMILES string of the molecule is COc1ccc(/C=C/c2c(C(=O)O)cccc2[N+](=O)[O-])c(OC)c1. The van der Waals surface area contributed by atoms with Crippen LogP contribution in [-0.4, -0.2) is 30.2 Å². The fourth-order valence-electron chi connectivity index (χ4n) is 2.20. The maximum absolute atomic E-state index is 11.3. The van der Waals surface area contributed by atoms with E-state index < -0.39 is 10.9 Å². The zero-order valence-corrected chi connectivity index (χ0v) is 13.1. The monoisotopic (exact) mass is 329 g/mol. The van der Waals surface area contributed by atoms with Gasteiger partial charge in [0.15, 0.2) is 0 Å². The van der Waals surface area contributed by atoms with E-state index >= 15 is 0 Å². The van der Waals surface area contributed by atoms with E-state index in [1.165, 1.54) is 38.5 Å². The summed E-state index contributed by atoms with van der Waals surface area (Å²) in [6, 6.07) is 9.00. The van der Waals surface area contributed by atoms with E-state index in [0.717, 1.165) is 0 Å². The molecule has 24 heavy (non-hydrogen) atoms. The largest absolute Gasteiger partial charge is 0.497 e. The van der Waals surface area contributed by atoms with Gasteiger partial charge in [-0.25, -0.2) is 4.79 Å². The first-order chi connectivity index (χ1) is 11.5. The lowest BCUT2D eigenvalue weighted by atomic mass is 10.0. The summed E-state index contributed by atoms with van der Waals surface area (Å²) >= 11 is 0. The summed E-state index contributed by atoms with van der Waals surface area (Å²) in [6.07, 6.45) is 2.96. The smallest absolute Gasteiger partial charge is 0.336 e. The molecule has 0 radical (unpaired) electrons. The molecular weight excluding hydrogens is 314 g/mol. The van der Waals surface area contributed by atoms with Crippen molar-refractivity contribution in [1.82, 2.24) is 0 Å². The Morgan fingerprint density at radius 3 is 2.50 bits per heavy atom. The van der Waals surface area contributed by atoms with Crippen molar-refractivity contribution >= 4 is 23.8 Å². The Kier molecular flexibility index (Phi) is 5.16. The number of benzene rings is 2. The predicted molar refractivity (Wildman–Crippen MR) is 88.5 cm³/mol. The normalized spacial score (nSPS) is 10.6. The van der Waals surface area contributed by atoms with Crippen LogP contribution in [0.2, 0.25) is 0 Å². The van der Waals surface area contributed by atoms with Gasteiger partial charge in [-0.15, -0.1) is 0 Å². The summed E-state index contributed by atoms with van der Waals surface area (Å²) in [5.74, 6) is -0.137. The number of nitro groups is 1. The third kappa shape index (κ3) is 3.52. The summed E-state index contributed by atoms with van der Waals surface area (Å²) in [5.41, 5.74) is 0.229. The second-order valence-corrected chi connectivity index (χ2v) is 4.74. The van der Waals surface area contributed by atoms with Gasteiger partial charge in [0.1, 0.15) is 11.5 Å². The van der Waals surface area contributed by atoms with Crippen LogP contribution in [0.4, 0.5) is 5.69 Å². The van der Waals surface area contributed by atoms with Crippen molar-refractivity contribution < 1.29 is 24.3 Å². The fraction of sp³-hybridized carbons (Fsp3) is 0.118. The summed E-state index contributed by atoms with van der Waals surface area (Å²) in [7, 11) is 3.01. The minimum absolute atomic E-state index is 0.0212. The van der Waals surface area contributed by atoms with Crippen LogP contribution in [0, 0.1) is 10.1 Å². The molecule has 0 aliphatic rings. The number of hydrogen-bond acceptors (Lipinski definition) is 5. The minimum Gasteiger partial charge on any atom is -0.497 e. The molecule has 2 rings (SSSR count). The number of carbonyl (C=O) groups is 1. The first-order valence-electron chi connectivity index (χ1n) is 6.88. The van der Waals surface area contributed by atoms with Gasteiger partial charge in [-0.1, -0.05) is 12.1 Å². The Labute approximate surface area is 137 Å². The molecule has 0 bridgehead atoms. The van der Waals surface area contributed by atoms with E-state index in [9.17, 15) is 20.0 Å². The number of methoxy groups -OCH3 is 2. The molecular formula is C17H15NO6. The van der Waals surface area contributed by atoms with Crippen molar-refractivity contribution in [2.24, 2.45) is 0 Å². The van der Waals surface area contributed by atoms with Crippen LogP contribution < -0.4 is 9.47 Å². The molecule has 0 saturated heterocycles. The third-order valence-electron chi connectivity index (χ3n) is 3.38. The van der Waals surface area contributed by atoms with E-state index in [4.69, 9.17) is 9.47 Å². The van der Waals surface area contributed by atoms with Crippen molar-refractivity contribution in [3.8, 4) is 11.5 Å². The highest BCUT2D eigenvalue weighted by Gasteiger charge is 2.19. The first-order valence-corrected chi connectivity index (χ1v) is 6.88. The van der Waals surface area contributed by atoms with Crippen molar-refractivity contribution in [1.29, 1.82) is 0 Å². The summed E-state index contributed by atoms with van der Waals surface area (Å²) in [4.78, 5) is 21.9. The van der Waals surface area contributed by atoms with Gasteiger partial charge in [0, 0.05) is 17.7 Å². The number of carboxylic acid groups (broad SMARTS) is 1. The van der Waals surface area contributed by atoms with Gasteiger partial charge < -0.3 is 14.6 Å². The molecule has 0 spiro atoms. The highest BCUT2D eigenvalue weighted by atomic mass is 16.6. The molecule has 0 amide bonds. The second-order valence-electron chi connectivity index (χ2n) is 4.74. The minimum atomic E-state index is -1.24. The number of rotatable bonds is 6. The number of aromatic carboxylic acids is 1. The molecule has 0 atom stereocenters. The standard InChI is InChI=1S/C17H15NO6/c1-23-12-8-6-11(16(10-12)24-2)7-9-13-14(17(19)20)4-3-5-15(13)18(21)22/h3-10H,1-2H3,(H,19,20)/b9-7+. The van der Waals surface area contributed by atoms with Crippen LogP contribution >= 0.6 is 0 Å². The van der Waals surface area contributed by atoms with Crippen LogP contribution in [0.5, 0.6) is 11.5 Å². The second kappa shape index (κ2) is 7.28. The van der Waals surface area contributed by atoms with Gasteiger partial charge in [0.2, 0.25) is 0 Å². The van der Waals surface area contributed by atoms with Gasteiger partial charge in [-0.2, -0.15) is 0 Å². The molecule has 124 valence electrons. The summed E-state index contributed by atoms with van der Waals surface area (Å²) in [6.45, 7) is 0. The van der Waals surface area contributed by atoms with Crippen LogP contribution in [0.15, 0.2) is 36.4 Å². The zero-order chi connectivity index (χ0) is 17.7. The Hall–Kier alpha value is -3.35. The summed E-state index contributed by atoms with van der Waals surface area (Å²) < 4.78 is 10.4. The van der Waals surface area contributed by atoms with Gasteiger partial charge in [0.05, 0.1) is 30.3 Å². The van der Waals surface area contributed by atoms with Crippen LogP contribution in [-0.2, 0) is 0 Å². The number of carboxylic acids is 1. The van der Waals surface area contributed by atoms with Crippen LogP contribution in [0.3, 0.4) is 0 Å². The molecule has 0 fully saturated rings. The number of ether oxygens (including phenoxy) is 2. The molecule has 0 aliphatic carbocycles. The van der Waals surface area contributed by atoms with Crippen LogP contribution in [0.25, 0.3) is 12.2 Å². The first kappa shape index (κ1) is 17.0. The van der Waals surface area contributed by atoms with E-state index in [1.807, 2.05) is 0 Å². The van der Waals surface area contributed by atoms with E-state index in [1.54, 1.807) is 24.3 Å². The predicted octanol–water partition coefficient (Wildman–Crippen LogP) is 3.48. The average Bonchev–Trinajstić information content (AvgIpc) is 2.59. The number of hydrogen-bond donors (Lipinski definition) is 1. The molecule has 7 nitrogen and oxygen atoms in total. The molecule has 0 aliphatic heterocycles. The maximum atomic E-state index is 11.3. The quantitative estimate of drug-likeness (QED) is 0.495. The Morgan fingerprint density at radius 2 is 1.92 bits per heavy atom. The van der Waals surface area contributed by atoms with E-state index in [-0.39, 0.29) is 16.8 Å². The lowest BCUT2D eigenvalue weighted by molar-refractivity contribution is -0.385. The highest BCUT2D eigenvalue weighted by Crippen LogP contribution is 2.29.